The number of amides is 2. The van der Waals surface area contributed by atoms with Crippen LogP contribution in [0.5, 0.6) is 0 Å². The summed E-state index contributed by atoms with van der Waals surface area (Å²) in [6.45, 7) is 0.876. The molecule has 1 aliphatic rings. The van der Waals surface area contributed by atoms with E-state index in [1.54, 1.807) is 29.1 Å². The lowest BCUT2D eigenvalue weighted by atomic mass is 10.1. The van der Waals surface area contributed by atoms with Gasteiger partial charge in [-0.2, -0.15) is 4.80 Å². The Balaban J connectivity index is 1.35. The summed E-state index contributed by atoms with van der Waals surface area (Å²) in [5, 5.41) is 12.4. The van der Waals surface area contributed by atoms with Crippen molar-refractivity contribution in [3.8, 4) is 0 Å². The van der Waals surface area contributed by atoms with E-state index in [-0.39, 0.29) is 18.4 Å². The lowest BCUT2D eigenvalue weighted by Crippen LogP contribution is -2.32. The number of tetrazole rings is 1. The summed E-state index contributed by atoms with van der Waals surface area (Å²) in [7, 11) is 0. The van der Waals surface area contributed by atoms with Crippen molar-refractivity contribution in [2.24, 2.45) is 0 Å². The average molecular weight is 347 g/mol. The minimum Gasteiger partial charge on any atom is -0.274 e. The van der Waals surface area contributed by atoms with Crippen LogP contribution in [0.1, 0.15) is 32.1 Å². The zero-order valence-corrected chi connectivity index (χ0v) is 14.1. The van der Waals surface area contributed by atoms with Gasteiger partial charge in [-0.3, -0.25) is 14.5 Å². The molecule has 2 heterocycles. The summed E-state index contributed by atoms with van der Waals surface area (Å²) in [5.74, 6) is -0.00115. The molecule has 0 saturated heterocycles. The number of carbonyl (C=O) groups excluding carboxylic acids is 2. The van der Waals surface area contributed by atoms with E-state index in [1.165, 1.54) is 10.5 Å². The first-order valence-corrected chi connectivity index (χ1v) is 8.48. The number of rotatable bonds is 6. The largest absolute Gasteiger partial charge is 0.274 e. The van der Waals surface area contributed by atoms with Crippen molar-refractivity contribution in [3.63, 3.8) is 0 Å². The Morgan fingerprint density at radius 2 is 1.42 bits per heavy atom. The van der Waals surface area contributed by atoms with Crippen LogP contribution in [0.3, 0.4) is 0 Å². The average Bonchev–Trinajstić information content (AvgIpc) is 3.23. The molecular formula is C19H17N5O2. The molecule has 0 atom stereocenters. The Kier molecular flexibility index (Phi) is 4.27. The second kappa shape index (κ2) is 6.87. The lowest BCUT2D eigenvalue weighted by Gasteiger charge is -2.11. The highest BCUT2D eigenvalue weighted by Crippen LogP contribution is 2.22. The SMILES string of the molecule is O=C1c2ccccc2C(=O)N1CCc1nnn(CCc2ccccc2)n1. The molecule has 1 aliphatic heterocycles. The molecule has 2 aromatic carbocycles. The third-order valence-electron chi connectivity index (χ3n) is 4.37. The van der Waals surface area contributed by atoms with Gasteiger partial charge in [0, 0.05) is 13.0 Å². The van der Waals surface area contributed by atoms with Crippen molar-refractivity contribution in [3.05, 3.63) is 77.1 Å². The van der Waals surface area contributed by atoms with Crippen LogP contribution in [0, 0.1) is 0 Å². The Bertz CT molecular complexity index is 916. The van der Waals surface area contributed by atoms with E-state index < -0.39 is 0 Å². The van der Waals surface area contributed by atoms with Crippen LogP contribution < -0.4 is 0 Å². The van der Waals surface area contributed by atoms with Gasteiger partial charge in [-0.15, -0.1) is 10.2 Å². The molecule has 1 aromatic heterocycles. The van der Waals surface area contributed by atoms with Crippen molar-refractivity contribution in [2.45, 2.75) is 19.4 Å². The van der Waals surface area contributed by atoms with Gasteiger partial charge in [0.15, 0.2) is 5.82 Å². The number of nitrogens with zero attached hydrogens (tertiary/aromatic N) is 5. The molecule has 2 amide bonds. The normalized spacial score (nSPS) is 13.3. The molecule has 7 nitrogen and oxygen atoms in total. The number of aryl methyl sites for hydroxylation is 2. The van der Waals surface area contributed by atoms with E-state index in [0.717, 1.165) is 6.42 Å². The molecular weight excluding hydrogens is 330 g/mol. The van der Waals surface area contributed by atoms with Crippen LogP contribution in [0.15, 0.2) is 54.6 Å². The number of hydrogen-bond acceptors (Lipinski definition) is 5. The number of aromatic nitrogens is 4. The van der Waals surface area contributed by atoms with E-state index in [9.17, 15) is 9.59 Å². The van der Waals surface area contributed by atoms with Crippen LogP contribution in [-0.4, -0.2) is 43.5 Å². The zero-order valence-electron chi connectivity index (χ0n) is 14.1. The summed E-state index contributed by atoms with van der Waals surface area (Å²) in [4.78, 5) is 27.5. The molecule has 26 heavy (non-hydrogen) atoms. The molecule has 0 N–H and O–H groups in total. The summed E-state index contributed by atoms with van der Waals surface area (Å²) < 4.78 is 0. The fraction of sp³-hybridized carbons (Fsp3) is 0.211. The van der Waals surface area contributed by atoms with Crippen molar-refractivity contribution in [2.75, 3.05) is 6.54 Å². The Hall–Kier alpha value is -3.35. The smallest absolute Gasteiger partial charge is 0.261 e. The fourth-order valence-corrected chi connectivity index (χ4v) is 3.00. The van der Waals surface area contributed by atoms with E-state index in [2.05, 4.69) is 27.5 Å². The molecule has 0 radical (unpaired) electrons. The maximum Gasteiger partial charge on any atom is 0.261 e. The maximum absolute atomic E-state index is 12.3. The Morgan fingerprint density at radius 3 is 2.12 bits per heavy atom. The molecule has 0 unspecified atom stereocenters. The second-order valence-corrected chi connectivity index (χ2v) is 6.09. The quantitative estimate of drug-likeness (QED) is 0.635. The van der Waals surface area contributed by atoms with E-state index >= 15 is 0 Å². The van der Waals surface area contributed by atoms with E-state index in [1.807, 2.05) is 18.2 Å². The van der Waals surface area contributed by atoms with Gasteiger partial charge >= 0.3 is 0 Å². The maximum atomic E-state index is 12.3. The van der Waals surface area contributed by atoms with Gasteiger partial charge in [0.25, 0.3) is 11.8 Å². The fourth-order valence-electron chi connectivity index (χ4n) is 3.00. The first-order chi connectivity index (χ1) is 12.7. The number of fused-ring (bicyclic) bond motifs is 1. The molecule has 3 aromatic rings. The number of benzene rings is 2. The van der Waals surface area contributed by atoms with Crippen molar-refractivity contribution in [1.29, 1.82) is 0 Å². The van der Waals surface area contributed by atoms with Crippen molar-refractivity contribution in [1.82, 2.24) is 25.1 Å². The molecule has 0 saturated carbocycles. The second-order valence-electron chi connectivity index (χ2n) is 6.09. The van der Waals surface area contributed by atoms with Gasteiger partial charge in [0.1, 0.15) is 0 Å². The third kappa shape index (κ3) is 3.11. The monoisotopic (exact) mass is 347 g/mol. The summed E-state index contributed by atoms with van der Waals surface area (Å²) in [5.41, 5.74) is 2.12. The highest BCUT2D eigenvalue weighted by Gasteiger charge is 2.34. The lowest BCUT2D eigenvalue weighted by molar-refractivity contribution is 0.0655. The number of hydrogen-bond donors (Lipinski definition) is 0. The predicted molar refractivity (Wildman–Crippen MR) is 93.5 cm³/mol. The summed E-state index contributed by atoms with van der Waals surface area (Å²) in [6, 6.07) is 17.0. The Morgan fingerprint density at radius 1 is 0.769 bits per heavy atom. The summed E-state index contributed by atoms with van der Waals surface area (Å²) >= 11 is 0. The molecule has 0 bridgehead atoms. The minimum atomic E-state index is -0.262. The van der Waals surface area contributed by atoms with Crippen LogP contribution in [0.4, 0.5) is 0 Å². The van der Waals surface area contributed by atoms with Crippen LogP contribution >= 0.6 is 0 Å². The van der Waals surface area contributed by atoms with E-state index in [0.29, 0.717) is 29.9 Å². The van der Waals surface area contributed by atoms with Gasteiger partial charge in [0.2, 0.25) is 0 Å². The third-order valence-corrected chi connectivity index (χ3v) is 4.37. The number of carbonyl (C=O) groups is 2. The zero-order chi connectivity index (χ0) is 17.9. The first kappa shape index (κ1) is 16.1. The van der Waals surface area contributed by atoms with Crippen molar-refractivity contribution < 1.29 is 9.59 Å². The molecule has 0 spiro atoms. The highest BCUT2D eigenvalue weighted by atomic mass is 16.2. The summed E-state index contributed by atoms with van der Waals surface area (Å²) in [6.07, 6.45) is 1.20. The topological polar surface area (TPSA) is 81.0 Å². The molecule has 0 aliphatic carbocycles. The van der Waals surface area contributed by atoms with Crippen LogP contribution in [0.25, 0.3) is 0 Å². The van der Waals surface area contributed by atoms with Crippen LogP contribution in [-0.2, 0) is 19.4 Å². The molecule has 7 heteroatoms. The molecule has 4 rings (SSSR count). The van der Waals surface area contributed by atoms with Gasteiger partial charge < -0.3 is 0 Å². The Labute approximate surface area is 150 Å². The minimum absolute atomic E-state index is 0.247. The van der Waals surface area contributed by atoms with Gasteiger partial charge in [0.05, 0.1) is 17.7 Å². The van der Waals surface area contributed by atoms with Crippen molar-refractivity contribution >= 4 is 11.8 Å². The molecule has 0 fully saturated rings. The van der Waals surface area contributed by atoms with Crippen LogP contribution in [0.2, 0.25) is 0 Å². The first-order valence-electron chi connectivity index (χ1n) is 8.48. The predicted octanol–water partition coefficient (Wildman–Crippen LogP) is 1.75. The van der Waals surface area contributed by atoms with Gasteiger partial charge in [-0.1, -0.05) is 42.5 Å². The van der Waals surface area contributed by atoms with Gasteiger partial charge in [-0.25, -0.2) is 0 Å². The van der Waals surface area contributed by atoms with Gasteiger partial charge in [-0.05, 0) is 29.3 Å². The van der Waals surface area contributed by atoms with E-state index in [4.69, 9.17) is 0 Å². The standard InChI is InChI=1S/C19H17N5O2/c25-18-15-8-4-5-9-16(15)19(26)23(18)12-11-17-20-22-24(21-17)13-10-14-6-2-1-3-7-14/h1-9H,10-13H2. The highest BCUT2D eigenvalue weighted by molar-refractivity contribution is 6.21. The number of imide groups is 1. The molecule has 130 valence electrons.